The highest BCUT2D eigenvalue weighted by atomic mass is 32.2. The molecule has 0 spiro atoms. The highest BCUT2D eigenvalue weighted by Gasteiger charge is 2.20. The SMILES string of the molecule is CCc1nn(C)c(C(=O)OCCSC)c1N. The van der Waals surface area contributed by atoms with Gasteiger partial charge in [-0.05, 0) is 12.7 Å². The van der Waals surface area contributed by atoms with E-state index in [0.29, 0.717) is 24.4 Å². The van der Waals surface area contributed by atoms with Crippen LogP contribution in [0, 0.1) is 0 Å². The third-order valence-corrected chi connectivity index (χ3v) is 2.78. The van der Waals surface area contributed by atoms with Crippen molar-refractivity contribution in [2.24, 2.45) is 7.05 Å². The number of carbonyl (C=O) groups is 1. The Morgan fingerprint density at radius 3 is 2.81 bits per heavy atom. The summed E-state index contributed by atoms with van der Waals surface area (Å²) in [5.41, 5.74) is 7.34. The van der Waals surface area contributed by atoms with Crippen LogP contribution < -0.4 is 5.73 Å². The smallest absolute Gasteiger partial charge is 0.358 e. The lowest BCUT2D eigenvalue weighted by molar-refractivity contribution is 0.0519. The van der Waals surface area contributed by atoms with Crippen molar-refractivity contribution >= 4 is 23.4 Å². The van der Waals surface area contributed by atoms with Gasteiger partial charge in [-0.1, -0.05) is 6.92 Å². The number of nitrogen functional groups attached to an aromatic ring is 1. The summed E-state index contributed by atoms with van der Waals surface area (Å²) in [6, 6.07) is 0. The van der Waals surface area contributed by atoms with Crippen LogP contribution in [0.25, 0.3) is 0 Å². The van der Waals surface area contributed by atoms with E-state index in [1.165, 1.54) is 4.68 Å². The molecule has 1 aromatic rings. The molecule has 0 atom stereocenters. The van der Waals surface area contributed by atoms with E-state index >= 15 is 0 Å². The van der Waals surface area contributed by atoms with Gasteiger partial charge in [0.1, 0.15) is 6.61 Å². The van der Waals surface area contributed by atoms with E-state index in [1.54, 1.807) is 18.8 Å². The second kappa shape index (κ2) is 5.79. The summed E-state index contributed by atoms with van der Waals surface area (Å²) in [5.74, 6) is 0.380. The summed E-state index contributed by atoms with van der Waals surface area (Å²) in [6.07, 6.45) is 2.67. The van der Waals surface area contributed by atoms with Crippen molar-refractivity contribution in [3.63, 3.8) is 0 Å². The summed E-state index contributed by atoms with van der Waals surface area (Å²) in [6.45, 7) is 2.34. The fourth-order valence-corrected chi connectivity index (χ4v) is 1.64. The van der Waals surface area contributed by atoms with Gasteiger partial charge < -0.3 is 10.5 Å². The summed E-state index contributed by atoms with van der Waals surface area (Å²) in [4.78, 5) is 11.7. The fourth-order valence-electron chi connectivity index (χ4n) is 1.39. The number of hydrogen-bond donors (Lipinski definition) is 1. The molecule has 0 bridgehead atoms. The third kappa shape index (κ3) is 2.69. The minimum atomic E-state index is -0.402. The van der Waals surface area contributed by atoms with Gasteiger partial charge in [0.25, 0.3) is 0 Å². The molecule has 6 heteroatoms. The van der Waals surface area contributed by atoms with E-state index in [1.807, 2.05) is 13.2 Å². The van der Waals surface area contributed by atoms with Crippen molar-refractivity contribution in [3.05, 3.63) is 11.4 Å². The molecule has 90 valence electrons. The summed E-state index contributed by atoms with van der Waals surface area (Å²) in [5, 5.41) is 4.16. The molecule has 0 aliphatic carbocycles. The van der Waals surface area contributed by atoms with E-state index in [2.05, 4.69) is 5.10 Å². The van der Waals surface area contributed by atoms with Crippen LogP contribution in [0.3, 0.4) is 0 Å². The maximum atomic E-state index is 11.7. The fraction of sp³-hybridized carbons (Fsp3) is 0.600. The first-order valence-corrected chi connectivity index (χ1v) is 6.48. The standard InChI is InChI=1S/C10H17N3O2S/c1-4-7-8(11)9(13(2)12-7)10(14)15-5-6-16-3/h4-6,11H2,1-3H3. The number of nitrogens with two attached hydrogens (primary N) is 1. The number of thioether (sulfide) groups is 1. The number of esters is 1. The Morgan fingerprint density at radius 2 is 2.31 bits per heavy atom. The molecule has 0 radical (unpaired) electrons. The molecule has 1 heterocycles. The molecule has 0 unspecified atom stereocenters. The van der Waals surface area contributed by atoms with Crippen molar-refractivity contribution in [1.82, 2.24) is 9.78 Å². The van der Waals surface area contributed by atoms with Crippen molar-refractivity contribution in [2.75, 3.05) is 24.3 Å². The Labute approximate surface area is 99.3 Å². The summed E-state index contributed by atoms with van der Waals surface area (Å²) < 4.78 is 6.57. The van der Waals surface area contributed by atoms with Gasteiger partial charge in [0.15, 0.2) is 5.69 Å². The lowest BCUT2D eigenvalue weighted by Crippen LogP contribution is -2.14. The Kier molecular flexibility index (Phi) is 4.67. The molecule has 1 rings (SSSR count). The number of aromatic nitrogens is 2. The van der Waals surface area contributed by atoms with E-state index in [4.69, 9.17) is 10.5 Å². The van der Waals surface area contributed by atoms with Gasteiger partial charge in [0.2, 0.25) is 0 Å². The number of ether oxygens (including phenoxy) is 1. The number of rotatable bonds is 5. The van der Waals surface area contributed by atoms with Gasteiger partial charge in [-0.25, -0.2) is 4.79 Å². The lowest BCUT2D eigenvalue weighted by Gasteiger charge is -2.04. The van der Waals surface area contributed by atoms with Crippen molar-refractivity contribution < 1.29 is 9.53 Å². The average molecular weight is 243 g/mol. The van der Waals surface area contributed by atoms with E-state index in [0.717, 1.165) is 11.4 Å². The van der Waals surface area contributed by atoms with Crippen LogP contribution in [0.15, 0.2) is 0 Å². The Bertz CT molecular complexity index is 376. The number of anilines is 1. The van der Waals surface area contributed by atoms with E-state index in [9.17, 15) is 4.79 Å². The highest BCUT2D eigenvalue weighted by molar-refractivity contribution is 7.98. The predicted octanol–water partition coefficient (Wildman–Crippen LogP) is 1.08. The molecule has 0 saturated carbocycles. The van der Waals surface area contributed by atoms with Gasteiger partial charge in [0, 0.05) is 12.8 Å². The number of carbonyl (C=O) groups excluding carboxylic acids is 1. The zero-order valence-electron chi connectivity index (χ0n) is 9.82. The molecular weight excluding hydrogens is 226 g/mol. The Balaban J connectivity index is 2.78. The average Bonchev–Trinajstić information content (AvgIpc) is 2.54. The van der Waals surface area contributed by atoms with Crippen LogP contribution in [-0.4, -0.2) is 34.4 Å². The molecule has 0 aromatic carbocycles. The van der Waals surface area contributed by atoms with Crippen molar-refractivity contribution in [2.45, 2.75) is 13.3 Å². The van der Waals surface area contributed by atoms with Gasteiger partial charge >= 0.3 is 5.97 Å². The number of nitrogens with zero attached hydrogens (tertiary/aromatic N) is 2. The molecule has 0 fully saturated rings. The number of hydrogen-bond acceptors (Lipinski definition) is 5. The monoisotopic (exact) mass is 243 g/mol. The Morgan fingerprint density at radius 1 is 1.62 bits per heavy atom. The van der Waals surface area contributed by atoms with Crippen LogP contribution in [0.1, 0.15) is 23.1 Å². The quantitative estimate of drug-likeness (QED) is 0.619. The molecule has 16 heavy (non-hydrogen) atoms. The highest BCUT2D eigenvalue weighted by Crippen LogP contribution is 2.17. The lowest BCUT2D eigenvalue weighted by atomic mass is 10.2. The third-order valence-electron chi connectivity index (χ3n) is 2.21. The van der Waals surface area contributed by atoms with Gasteiger partial charge in [-0.2, -0.15) is 16.9 Å². The summed E-state index contributed by atoms with van der Waals surface area (Å²) >= 11 is 1.63. The Hall–Kier alpha value is -1.17. The minimum Gasteiger partial charge on any atom is -0.460 e. The zero-order valence-corrected chi connectivity index (χ0v) is 10.6. The van der Waals surface area contributed by atoms with Crippen LogP contribution in [-0.2, 0) is 18.2 Å². The van der Waals surface area contributed by atoms with Crippen LogP contribution in [0.4, 0.5) is 5.69 Å². The molecule has 1 aromatic heterocycles. The summed E-state index contributed by atoms with van der Waals surface area (Å²) in [7, 11) is 1.70. The topological polar surface area (TPSA) is 70.1 Å². The van der Waals surface area contributed by atoms with Crippen molar-refractivity contribution in [1.29, 1.82) is 0 Å². The van der Waals surface area contributed by atoms with Crippen LogP contribution in [0.5, 0.6) is 0 Å². The second-order valence-electron chi connectivity index (χ2n) is 3.31. The molecule has 2 N–H and O–H groups in total. The first-order valence-electron chi connectivity index (χ1n) is 5.09. The van der Waals surface area contributed by atoms with Crippen LogP contribution >= 0.6 is 11.8 Å². The van der Waals surface area contributed by atoms with E-state index < -0.39 is 5.97 Å². The first-order chi connectivity index (χ1) is 7.61. The maximum Gasteiger partial charge on any atom is 0.358 e. The molecular formula is C10H17N3O2S. The molecule has 0 aliphatic rings. The normalized spacial score (nSPS) is 10.4. The zero-order chi connectivity index (χ0) is 12.1. The second-order valence-corrected chi connectivity index (χ2v) is 4.30. The molecule has 0 amide bonds. The van der Waals surface area contributed by atoms with Crippen molar-refractivity contribution in [3.8, 4) is 0 Å². The minimum absolute atomic E-state index is 0.345. The predicted molar refractivity (Wildman–Crippen MR) is 65.7 cm³/mol. The largest absolute Gasteiger partial charge is 0.460 e. The molecule has 0 aliphatic heterocycles. The maximum absolute atomic E-state index is 11.7. The van der Waals surface area contributed by atoms with Crippen LogP contribution in [0.2, 0.25) is 0 Å². The van der Waals surface area contributed by atoms with Gasteiger partial charge in [-0.3, -0.25) is 4.68 Å². The van der Waals surface area contributed by atoms with E-state index in [-0.39, 0.29) is 0 Å². The molecule has 5 nitrogen and oxygen atoms in total. The first kappa shape index (κ1) is 12.9. The molecule has 0 saturated heterocycles. The van der Waals surface area contributed by atoms with Gasteiger partial charge in [-0.15, -0.1) is 0 Å². The number of aryl methyl sites for hydroxylation is 2. The van der Waals surface area contributed by atoms with Gasteiger partial charge in [0.05, 0.1) is 11.4 Å².